The smallest absolute Gasteiger partial charge is 0.225 e. The van der Waals surface area contributed by atoms with Crippen molar-refractivity contribution in [2.24, 2.45) is 0 Å². The van der Waals surface area contributed by atoms with E-state index in [1.54, 1.807) is 12.1 Å². The number of aliphatic hydroxyl groups is 2. The van der Waals surface area contributed by atoms with Crippen molar-refractivity contribution < 1.29 is 14.9 Å². The first-order valence-corrected chi connectivity index (χ1v) is 5.60. The molecule has 8 heteroatoms. The minimum absolute atomic E-state index is 0.122. The fourth-order valence-electron chi connectivity index (χ4n) is 2.28. The van der Waals surface area contributed by atoms with E-state index in [1.165, 1.54) is 10.8 Å². The quantitative estimate of drug-likeness (QED) is 0.586. The van der Waals surface area contributed by atoms with Crippen LogP contribution in [-0.4, -0.2) is 43.6 Å². The van der Waals surface area contributed by atoms with Crippen molar-refractivity contribution in [2.45, 2.75) is 17.8 Å². The molecule has 3 atom stereocenters. The Hall–Kier alpha value is -2.21. The fourth-order valence-corrected chi connectivity index (χ4v) is 2.28. The normalized spacial score (nSPS) is 30.6. The molecule has 19 heavy (non-hydrogen) atoms. The molecule has 1 saturated heterocycles. The predicted molar refractivity (Wildman–Crippen MR) is 62.7 cm³/mol. The molecule has 3 rings (SSSR count). The number of hydrogen-bond acceptors (Lipinski definition) is 7. The Morgan fingerprint density at radius 3 is 2.95 bits per heavy atom. The second-order valence-electron chi connectivity index (χ2n) is 4.33. The summed E-state index contributed by atoms with van der Waals surface area (Å²) in [6.07, 6.45) is -1.23. The maximum atomic E-state index is 10.0. The van der Waals surface area contributed by atoms with Crippen molar-refractivity contribution >= 4 is 11.3 Å². The molecular formula is C11H11N5O3. The van der Waals surface area contributed by atoms with Crippen LogP contribution in [0.15, 0.2) is 18.5 Å². The van der Waals surface area contributed by atoms with Gasteiger partial charge in [0, 0.05) is 0 Å². The summed E-state index contributed by atoms with van der Waals surface area (Å²) in [7, 11) is 0. The number of aromatic nitrogens is 3. The number of fused-ring (bicyclic) bond motifs is 1. The van der Waals surface area contributed by atoms with E-state index in [4.69, 9.17) is 10.5 Å². The lowest BCUT2D eigenvalue weighted by Crippen LogP contribution is -2.40. The third-order valence-electron chi connectivity index (χ3n) is 3.29. The summed E-state index contributed by atoms with van der Waals surface area (Å²) in [5.41, 5.74) is 4.86. The molecule has 1 aliphatic rings. The van der Waals surface area contributed by atoms with Gasteiger partial charge in [0.25, 0.3) is 0 Å². The highest BCUT2D eigenvalue weighted by Crippen LogP contribution is 2.37. The van der Waals surface area contributed by atoms with Crippen LogP contribution in [-0.2, 0) is 10.3 Å². The predicted octanol–water partition coefficient (Wildman–Crippen LogP) is -1.22. The Balaban J connectivity index is 2.24. The van der Waals surface area contributed by atoms with Crippen LogP contribution < -0.4 is 5.73 Å². The number of nitrogen functional groups attached to an aromatic ring is 1. The van der Waals surface area contributed by atoms with Crippen molar-refractivity contribution in [2.75, 3.05) is 12.3 Å². The van der Waals surface area contributed by atoms with Crippen LogP contribution in [0.1, 0.15) is 5.69 Å². The van der Waals surface area contributed by atoms with Gasteiger partial charge < -0.3 is 20.7 Å². The van der Waals surface area contributed by atoms with E-state index in [1.807, 2.05) is 6.07 Å². The first kappa shape index (κ1) is 11.9. The Labute approximate surface area is 107 Å². The van der Waals surface area contributed by atoms with E-state index >= 15 is 0 Å². The maximum Gasteiger partial charge on any atom is 0.225 e. The molecule has 0 amide bonds. The number of rotatable bonds is 1. The summed E-state index contributed by atoms with van der Waals surface area (Å²) in [5.74, 6) is 0.252. The maximum absolute atomic E-state index is 10.0. The van der Waals surface area contributed by atoms with Crippen LogP contribution in [0.5, 0.6) is 0 Å². The SMILES string of the molecule is N#CC1(c2ccc3c(N)ncnn23)OCC(O)C1O. The minimum atomic E-state index is -1.66. The van der Waals surface area contributed by atoms with Crippen LogP contribution in [0.2, 0.25) is 0 Å². The summed E-state index contributed by atoms with van der Waals surface area (Å²) in [6, 6.07) is 5.12. The van der Waals surface area contributed by atoms with E-state index in [0.29, 0.717) is 11.2 Å². The van der Waals surface area contributed by atoms with E-state index in [0.717, 1.165) is 0 Å². The van der Waals surface area contributed by atoms with Gasteiger partial charge in [-0.2, -0.15) is 10.4 Å². The zero-order chi connectivity index (χ0) is 13.6. The third-order valence-corrected chi connectivity index (χ3v) is 3.29. The summed E-state index contributed by atoms with van der Waals surface area (Å²) in [4.78, 5) is 3.84. The van der Waals surface area contributed by atoms with Crippen molar-refractivity contribution in [3.05, 3.63) is 24.2 Å². The second-order valence-corrected chi connectivity index (χ2v) is 4.33. The average Bonchev–Trinajstić information content (AvgIpc) is 2.96. The molecule has 1 aliphatic heterocycles. The van der Waals surface area contributed by atoms with Gasteiger partial charge in [0.05, 0.1) is 12.3 Å². The second kappa shape index (κ2) is 3.89. The Kier molecular flexibility index (Phi) is 2.43. The Morgan fingerprint density at radius 1 is 1.53 bits per heavy atom. The van der Waals surface area contributed by atoms with Crippen LogP contribution in [0.3, 0.4) is 0 Å². The molecule has 0 bridgehead atoms. The molecule has 0 aliphatic carbocycles. The average molecular weight is 261 g/mol. The molecule has 0 radical (unpaired) electrons. The topological polar surface area (TPSA) is 130 Å². The Morgan fingerprint density at radius 2 is 2.32 bits per heavy atom. The molecule has 2 aromatic heterocycles. The number of nitrogens with two attached hydrogens (primary N) is 1. The highest BCUT2D eigenvalue weighted by atomic mass is 16.5. The first-order chi connectivity index (χ1) is 9.10. The van der Waals surface area contributed by atoms with Gasteiger partial charge >= 0.3 is 0 Å². The molecular weight excluding hydrogens is 250 g/mol. The fraction of sp³-hybridized carbons (Fsp3) is 0.364. The van der Waals surface area contributed by atoms with Gasteiger partial charge in [-0.1, -0.05) is 0 Å². The molecule has 98 valence electrons. The molecule has 4 N–H and O–H groups in total. The monoisotopic (exact) mass is 261 g/mol. The molecule has 1 fully saturated rings. The number of nitrogens with zero attached hydrogens (tertiary/aromatic N) is 4. The number of anilines is 1. The van der Waals surface area contributed by atoms with E-state index in [-0.39, 0.29) is 12.4 Å². The standard InChI is InChI=1S/C11H11N5O3/c12-4-11(9(18)7(17)3-19-11)8-2-1-6-10(13)14-5-15-16(6)8/h1-2,5,7,9,17-18H,3H2,(H2,13,14,15). The van der Waals surface area contributed by atoms with Gasteiger partial charge in [0.1, 0.15) is 30.1 Å². The minimum Gasteiger partial charge on any atom is -0.388 e. The van der Waals surface area contributed by atoms with Crippen LogP contribution in [0.4, 0.5) is 5.82 Å². The first-order valence-electron chi connectivity index (χ1n) is 5.60. The summed E-state index contributed by atoms with van der Waals surface area (Å²) >= 11 is 0. The van der Waals surface area contributed by atoms with Crippen LogP contribution in [0, 0.1) is 11.3 Å². The Bertz CT molecular complexity index is 679. The van der Waals surface area contributed by atoms with E-state index in [2.05, 4.69) is 10.1 Å². The van der Waals surface area contributed by atoms with Gasteiger partial charge in [-0.25, -0.2) is 9.50 Å². The zero-order valence-corrected chi connectivity index (χ0v) is 9.76. The van der Waals surface area contributed by atoms with E-state index < -0.39 is 17.8 Å². The molecule has 3 unspecified atom stereocenters. The lowest BCUT2D eigenvalue weighted by atomic mass is 9.93. The van der Waals surface area contributed by atoms with Gasteiger partial charge in [0.15, 0.2) is 5.82 Å². The lowest BCUT2D eigenvalue weighted by molar-refractivity contribution is -0.0309. The van der Waals surface area contributed by atoms with Crippen molar-refractivity contribution in [1.29, 1.82) is 5.26 Å². The zero-order valence-electron chi connectivity index (χ0n) is 9.76. The number of nitriles is 1. The summed E-state index contributed by atoms with van der Waals surface area (Å²) in [5, 5.41) is 33.0. The molecule has 0 aromatic carbocycles. The highest BCUT2D eigenvalue weighted by Gasteiger charge is 2.52. The summed E-state index contributed by atoms with van der Waals surface area (Å²) < 4.78 is 6.71. The molecule has 2 aromatic rings. The van der Waals surface area contributed by atoms with Crippen LogP contribution in [0.25, 0.3) is 5.52 Å². The largest absolute Gasteiger partial charge is 0.388 e. The van der Waals surface area contributed by atoms with Crippen molar-refractivity contribution in [1.82, 2.24) is 14.6 Å². The number of hydrogen-bond donors (Lipinski definition) is 3. The van der Waals surface area contributed by atoms with Crippen molar-refractivity contribution in [3.8, 4) is 6.07 Å². The highest BCUT2D eigenvalue weighted by molar-refractivity contribution is 5.66. The van der Waals surface area contributed by atoms with Gasteiger partial charge in [0.2, 0.25) is 5.60 Å². The third kappa shape index (κ3) is 1.43. The molecule has 3 heterocycles. The van der Waals surface area contributed by atoms with Gasteiger partial charge in [-0.3, -0.25) is 0 Å². The van der Waals surface area contributed by atoms with Crippen LogP contribution >= 0.6 is 0 Å². The van der Waals surface area contributed by atoms with Crippen molar-refractivity contribution in [3.63, 3.8) is 0 Å². The number of aliphatic hydroxyl groups excluding tert-OH is 2. The molecule has 0 saturated carbocycles. The van der Waals surface area contributed by atoms with E-state index in [9.17, 15) is 15.5 Å². The number of ether oxygens (including phenoxy) is 1. The van der Waals surface area contributed by atoms with Gasteiger partial charge in [-0.05, 0) is 12.1 Å². The summed E-state index contributed by atoms with van der Waals surface area (Å²) in [6.45, 7) is -0.122. The lowest BCUT2D eigenvalue weighted by Gasteiger charge is -2.23. The van der Waals surface area contributed by atoms with Gasteiger partial charge in [-0.15, -0.1) is 0 Å². The molecule has 8 nitrogen and oxygen atoms in total. The molecule has 0 spiro atoms.